The second-order valence-electron chi connectivity index (χ2n) is 4.48. The van der Waals surface area contributed by atoms with Crippen LogP contribution in [0.1, 0.15) is 71.6 Å². The highest BCUT2D eigenvalue weighted by Crippen LogP contribution is 2.12. The van der Waals surface area contributed by atoms with E-state index >= 15 is 0 Å². The SMILES string of the molecule is CCCCCCCC(O)C(O)CCCC. The Labute approximate surface area is 94.7 Å². The molecule has 2 atom stereocenters. The van der Waals surface area contributed by atoms with Crippen LogP contribution in [-0.4, -0.2) is 22.4 Å². The summed E-state index contributed by atoms with van der Waals surface area (Å²) in [6, 6.07) is 0. The Bertz CT molecular complexity index is 126. The highest BCUT2D eigenvalue weighted by Gasteiger charge is 2.14. The van der Waals surface area contributed by atoms with E-state index in [9.17, 15) is 10.2 Å². The maximum Gasteiger partial charge on any atom is 0.0799 e. The van der Waals surface area contributed by atoms with Crippen LogP contribution in [0.4, 0.5) is 0 Å². The molecule has 0 aromatic rings. The number of rotatable bonds is 10. The number of aliphatic hydroxyl groups excluding tert-OH is 2. The van der Waals surface area contributed by atoms with Gasteiger partial charge in [0.15, 0.2) is 0 Å². The van der Waals surface area contributed by atoms with Crippen molar-refractivity contribution in [3.8, 4) is 0 Å². The molecule has 0 heterocycles. The Hall–Kier alpha value is -0.0800. The zero-order valence-electron chi connectivity index (χ0n) is 10.4. The van der Waals surface area contributed by atoms with E-state index in [0.717, 1.165) is 32.1 Å². The molecule has 2 N–H and O–H groups in total. The van der Waals surface area contributed by atoms with E-state index in [1.807, 2.05) is 0 Å². The number of hydrogen-bond donors (Lipinski definition) is 2. The Kier molecular flexibility index (Phi) is 10.4. The lowest BCUT2D eigenvalue weighted by atomic mass is 10.0. The highest BCUT2D eigenvalue weighted by atomic mass is 16.3. The van der Waals surface area contributed by atoms with Crippen LogP contribution >= 0.6 is 0 Å². The lowest BCUT2D eigenvalue weighted by Crippen LogP contribution is -2.25. The summed E-state index contributed by atoms with van der Waals surface area (Å²) in [6.07, 6.45) is 8.62. The molecule has 15 heavy (non-hydrogen) atoms. The second kappa shape index (κ2) is 10.4. The van der Waals surface area contributed by atoms with Crippen LogP contribution < -0.4 is 0 Å². The zero-order valence-corrected chi connectivity index (χ0v) is 10.4. The van der Waals surface area contributed by atoms with Gasteiger partial charge in [0.2, 0.25) is 0 Å². The number of hydrogen-bond acceptors (Lipinski definition) is 2. The van der Waals surface area contributed by atoms with Gasteiger partial charge in [0, 0.05) is 0 Å². The summed E-state index contributed by atoms with van der Waals surface area (Å²) in [5.74, 6) is 0. The first-order valence-corrected chi connectivity index (χ1v) is 6.58. The standard InChI is InChI=1S/C13H28O2/c1-3-5-7-8-9-11-13(15)12(14)10-6-4-2/h12-15H,3-11H2,1-2H3. The summed E-state index contributed by atoms with van der Waals surface area (Å²) in [5.41, 5.74) is 0. The van der Waals surface area contributed by atoms with E-state index in [1.54, 1.807) is 0 Å². The molecular weight excluding hydrogens is 188 g/mol. The van der Waals surface area contributed by atoms with E-state index in [4.69, 9.17) is 0 Å². The van der Waals surface area contributed by atoms with Crippen LogP contribution in [0.2, 0.25) is 0 Å². The zero-order chi connectivity index (χ0) is 11.5. The Morgan fingerprint density at radius 2 is 1.13 bits per heavy atom. The molecular formula is C13H28O2. The topological polar surface area (TPSA) is 40.5 Å². The van der Waals surface area contributed by atoms with Crippen molar-refractivity contribution in [1.82, 2.24) is 0 Å². The lowest BCUT2D eigenvalue weighted by molar-refractivity contribution is 0.00738. The molecule has 0 fully saturated rings. The van der Waals surface area contributed by atoms with Gasteiger partial charge in [-0.25, -0.2) is 0 Å². The molecule has 0 saturated heterocycles. The van der Waals surface area contributed by atoms with Gasteiger partial charge in [0.05, 0.1) is 12.2 Å². The summed E-state index contributed by atoms with van der Waals surface area (Å²) in [6.45, 7) is 4.30. The van der Waals surface area contributed by atoms with E-state index in [2.05, 4.69) is 13.8 Å². The maximum absolute atomic E-state index is 9.65. The fourth-order valence-corrected chi connectivity index (χ4v) is 1.76. The molecule has 0 aromatic carbocycles. The highest BCUT2D eigenvalue weighted by molar-refractivity contribution is 4.66. The molecule has 0 aliphatic heterocycles. The van der Waals surface area contributed by atoms with Gasteiger partial charge in [-0.3, -0.25) is 0 Å². The molecule has 2 nitrogen and oxygen atoms in total. The number of unbranched alkanes of at least 4 members (excludes halogenated alkanes) is 5. The summed E-state index contributed by atoms with van der Waals surface area (Å²) in [4.78, 5) is 0. The first-order chi connectivity index (χ1) is 7.22. The van der Waals surface area contributed by atoms with Crippen molar-refractivity contribution in [3.63, 3.8) is 0 Å². The second-order valence-corrected chi connectivity index (χ2v) is 4.48. The Morgan fingerprint density at radius 3 is 1.67 bits per heavy atom. The molecule has 0 aliphatic carbocycles. The van der Waals surface area contributed by atoms with Gasteiger partial charge < -0.3 is 10.2 Å². The molecule has 0 aliphatic rings. The van der Waals surface area contributed by atoms with Gasteiger partial charge in [-0.1, -0.05) is 58.8 Å². The number of aliphatic hydroxyl groups is 2. The third-order valence-electron chi connectivity index (χ3n) is 2.90. The summed E-state index contributed by atoms with van der Waals surface area (Å²) in [7, 11) is 0. The van der Waals surface area contributed by atoms with Gasteiger partial charge in [-0.2, -0.15) is 0 Å². The molecule has 92 valence electrons. The van der Waals surface area contributed by atoms with Crippen LogP contribution in [0.3, 0.4) is 0 Å². The molecule has 0 amide bonds. The summed E-state index contributed by atoms with van der Waals surface area (Å²) >= 11 is 0. The van der Waals surface area contributed by atoms with Crippen molar-refractivity contribution in [3.05, 3.63) is 0 Å². The molecule has 0 rings (SSSR count). The summed E-state index contributed by atoms with van der Waals surface area (Å²) < 4.78 is 0. The first kappa shape index (κ1) is 14.9. The third-order valence-corrected chi connectivity index (χ3v) is 2.90. The summed E-state index contributed by atoms with van der Waals surface area (Å²) in [5, 5.41) is 19.3. The van der Waals surface area contributed by atoms with Crippen molar-refractivity contribution in [1.29, 1.82) is 0 Å². The minimum atomic E-state index is -0.504. The van der Waals surface area contributed by atoms with Crippen LogP contribution in [0.5, 0.6) is 0 Å². The van der Waals surface area contributed by atoms with Crippen molar-refractivity contribution >= 4 is 0 Å². The first-order valence-electron chi connectivity index (χ1n) is 6.58. The third kappa shape index (κ3) is 8.88. The van der Waals surface area contributed by atoms with E-state index in [0.29, 0.717) is 0 Å². The van der Waals surface area contributed by atoms with E-state index in [-0.39, 0.29) is 0 Å². The molecule has 0 bridgehead atoms. The maximum atomic E-state index is 9.65. The molecule has 0 aromatic heterocycles. The predicted molar refractivity (Wildman–Crippen MR) is 64.9 cm³/mol. The van der Waals surface area contributed by atoms with Gasteiger partial charge in [-0.15, -0.1) is 0 Å². The van der Waals surface area contributed by atoms with Gasteiger partial charge >= 0.3 is 0 Å². The monoisotopic (exact) mass is 216 g/mol. The van der Waals surface area contributed by atoms with Crippen LogP contribution in [0.15, 0.2) is 0 Å². The predicted octanol–water partition coefficient (Wildman–Crippen LogP) is 3.26. The van der Waals surface area contributed by atoms with Gasteiger partial charge in [0.1, 0.15) is 0 Å². The quantitative estimate of drug-likeness (QED) is 0.550. The molecule has 2 heteroatoms. The molecule has 0 saturated carbocycles. The Morgan fingerprint density at radius 1 is 0.667 bits per heavy atom. The normalized spacial score (nSPS) is 15.2. The fraction of sp³-hybridized carbons (Fsp3) is 1.00. The van der Waals surface area contributed by atoms with E-state index < -0.39 is 12.2 Å². The smallest absolute Gasteiger partial charge is 0.0799 e. The Balaban J connectivity index is 3.34. The minimum absolute atomic E-state index is 0.502. The van der Waals surface area contributed by atoms with Crippen molar-refractivity contribution in [2.75, 3.05) is 0 Å². The van der Waals surface area contributed by atoms with Crippen molar-refractivity contribution < 1.29 is 10.2 Å². The van der Waals surface area contributed by atoms with Gasteiger partial charge in [0.25, 0.3) is 0 Å². The van der Waals surface area contributed by atoms with Crippen LogP contribution in [0, 0.1) is 0 Å². The van der Waals surface area contributed by atoms with Gasteiger partial charge in [-0.05, 0) is 12.8 Å². The largest absolute Gasteiger partial charge is 0.390 e. The van der Waals surface area contributed by atoms with Crippen molar-refractivity contribution in [2.45, 2.75) is 83.8 Å². The fourth-order valence-electron chi connectivity index (χ4n) is 1.76. The minimum Gasteiger partial charge on any atom is -0.390 e. The molecule has 2 unspecified atom stereocenters. The molecule has 0 radical (unpaired) electrons. The molecule has 0 spiro atoms. The van der Waals surface area contributed by atoms with E-state index in [1.165, 1.54) is 25.7 Å². The van der Waals surface area contributed by atoms with Crippen LogP contribution in [0.25, 0.3) is 0 Å². The van der Waals surface area contributed by atoms with Crippen LogP contribution in [-0.2, 0) is 0 Å². The average Bonchev–Trinajstić information content (AvgIpc) is 2.25. The average molecular weight is 216 g/mol. The lowest BCUT2D eigenvalue weighted by Gasteiger charge is -2.17. The van der Waals surface area contributed by atoms with Crippen molar-refractivity contribution in [2.24, 2.45) is 0 Å².